The van der Waals surface area contributed by atoms with E-state index in [4.69, 9.17) is 0 Å². The standard InChI is InChI=1S/C18H16N2O3/c1-11-9-14(18(22)23-2)5-6-15(11)20-17(21)13-4-3-12-7-8-19-16(12)10-13/h3-10,19H,1-2H3,(H,20,21). The van der Waals surface area contributed by atoms with Crippen molar-refractivity contribution < 1.29 is 14.3 Å². The molecule has 0 spiro atoms. The number of esters is 1. The number of rotatable bonds is 3. The molecule has 0 saturated heterocycles. The van der Waals surface area contributed by atoms with Gasteiger partial charge in [0.05, 0.1) is 12.7 Å². The molecule has 5 nitrogen and oxygen atoms in total. The van der Waals surface area contributed by atoms with Crippen LogP contribution in [0, 0.1) is 6.92 Å². The van der Waals surface area contributed by atoms with Gasteiger partial charge in [0.2, 0.25) is 0 Å². The van der Waals surface area contributed by atoms with Gasteiger partial charge in [-0.05, 0) is 54.3 Å². The molecule has 3 aromatic rings. The van der Waals surface area contributed by atoms with Gasteiger partial charge in [0.15, 0.2) is 0 Å². The van der Waals surface area contributed by atoms with Gasteiger partial charge in [0.25, 0.3) is 5.91 Å². The van der Waals surface area contributed by atoms with Crippen molar-refractivity contribution in [2.24, 2.45) is 0 Å². The van der Waals surface area contributed by atoms with Crippen molar-refractivity contribution in [1.29, 1.82) is 0 Å². The van der Waals surface area contributed by atoms with Crippen molar-refractivity contribution in [3.05, 3.63) is 65.4 Å². The number of aryl methyl sites for hydroxylation is 1. The van der Waals surface area contributed by atoms with Gasteiger partial charge < -0.3 is 15.0 Å². The van der Waals surface area contributed by atoms with Gasteiger partial charge in [-0.3, -0.25) is 4.79 Å². The Morgan fingerprint density at radius 2 is 1.83 bits per heavy atom. The Hall–Kier alpha value is -3.08. The number of ether oxygens (including phenoxy) is 1. The van der Waals surface area contributed by atoms with E-state index in [9.17, 15) is 9.59 Å². The zero-order chi connectivity index (χ0) is 16.4. The summed E-state index contributed by atoms with van der Waals surface area (Å²) in [5, 5.41) is 3.92. The average molecular weight is 308 g/mol. The number of H-pyrrole nitrogens is 1. The van der Waals surface area contributed by atoms with E-state index in [1.165, 1.54) is 7.11 Å². The number of benzene rings is 2. The van der Waals surface area contributed by atoms with Crippen molar-refractivity contribution >= 4 is 28.5 Å². The summed E-state index contributed by atoms with van der Waals surface area (Å²) in [4.78, 5) is 27.0. The molecule has 1 aromatic heterocycles. The maximum Gasteiger partial charge on any atom is 0.337 e. The lowest BCUT2D eigenvalue weighted by Crippen LogP contribution is -2.13. The second kappa shape index (κ2) is 5.96. The minimum absolute atomic E-state index is 0.199. The van der Waals surface area contributed by atoms with Gasteiger partial charge in [0.1, 0.15) is 0 Å². The number of nitrogens with one attached hydrogen (secondary N) is 2. The fourth-order valence-corrected chi connectivity index (χ4v) is 2.43. The molecule has 5 heteroatoms. The topological polar surface area (TPSA) is 71.2 Å². The fraction of sp³-hybridized carbons (Fsp3) is 0.111. The largest absolute Gasteiger partial charge is 0.465 e. The monoisotopic (exact) mass is 308 g/mol. The molecule has 116 valence electrons. The predicted octanol–water partition coefficient (Wildman–Crippen LogP) is 3.52. The molecule has 2 aromatic carbocycles. The first-order valence-corrected chi connectivity index (χ1v) is 7.16. The first-order chi connectivity index (χ1) is 11.1. The second-order valence-corrected chi connectivity index (χ2v) is 5.26. The molecule has 0 aliphatic heterocycles. The number of aromatic nitrogens is 1. The van der Waals surface area contributed by atoms with E-state index in [1.54, 1.807) is 24.3 Å². The van der Waals surface area contributed by atoms with E-state index in [2.05, 4.69) is 15.0 Å². The molecule has 0 aliphatic carbocycles. The minimum Gasteiger partial charge on any atom is -0.465 e. The number of anilines is 1. The molecule has 0 saturated carbocycles. The molecule has 0 fully saturated rings. The van der Waals surface area contributed by atoms with Crippen LogP contribution in [0.5, 0.6) is 0 Å². The third-order valence-corrected chi connectivity index (χ3v) is 3.71. The van der Waals surface area contributed by atoms with Gasteiger partial charge >= 0.3 is 5.97 Å². The van der Waals surface area contributed by atoms with Crippen LogP contribution >= 0.6 is 0 Å². The molecule has 2 N–H and O–H groups in total. The fourth-order valence-electron chi connectivity index (χ4n) is 2.43. The van der Waals surface area contributed by atoms with Gasteiger partial charge in [-0.1, -0.05) is 6.07 Å². The number of hydrogen-bond acceptors (Lipinski definition) is 3. The van der Waals surface area contributed by atoms with Crippen LogP contribution < -0.4 is 5.32 Å². The lowest BCUT2D eigenvalue weighted by molar-refractivity contribution is 0.0600. The highest BCUT2D eigenvalue weighted by atomic mass is 16.5. The predicted molar refractivity (Wildman–Crippen MR) is 88.8 cm³/mol. The van der Waals surface area contributed by atoms with E-state index in [1.807, 2.05) is 31.3 Å². The Bertz CT molecular complexity index is 896. The maximum atomic E-state index is 12.4. The van der Waals surface area contributed by atoms with E-state index < -0.39 is 5.97 Å². The Morgan fingerprint density at radius 1 is 1.04 bits per heavy atom. The number of fused-ring (bicyclic) bond motifs is 1. The van der Waals surface area contributed by atoms with E-state index in [0.717, 1.165) is 16.5 Å². The Kier molecular flexibility index (Phi) is 3.85. The van der Waals surface area contributed by atoms with Crippen molar-refractivity contribution in [1.82, 2.24) is 4.98 Å². The lowest BCUT2D eigenvalue weighted by Gasteiger charge is -2.10. The summed E-state index contributed by atoms with van der Waals surface area (Å²) in [7, 11) is 1.34. The summed E-state index contributed by atoms with van der Waals surface area (Å²) in [6.45, 7) is 1.83. The minimum atomic E-state index is -0.400. The zero-order valence-corrected chi connectivity index (χ0v) is 12.8. The average Bonchev–Trinajstić information content (AvgIpc) is 3.03. The number of amides is 1. The molecule has 0 bridgehead atoms. The summed E-state index contributed by atoms with van der Waals surface area (Å²) in [6.07, 6.45) is 1.84. The van der Waals surface area contributed by atoms with Crippen molar-refractivity contribution in [3.8, 4) is 0 Å². The van der Waals surface area contributed by atoms with Crippen LogP contribution in [-0.4, -0.2) is 24.0 Å². The second-order valence-electron chi connectivity index (χ2n) is 5.26. The van der Waals surface area contributed by atoms with E-state index in [-0.39, 0.29) is 5.91 Å². The first-order valence-electron chi connectivity index (χ1n) is 7.16. The van der Waals surface area contributed by atoms with Gasteiger partial charge in [0, 0.05) is 23.0 Å². The van der Waals surface area contributed by atoms with Gasteiger partial charge in [-0.2, -0.15) is 0 Å². The zero-order valence-electron chi connectivity index (χ0n) is 12.8. The number of carbonyl (C=O) groups excluding carboxylic acids is 2. The van der Waals surface area contributed by atoms with Crippen LogP contribution in [0.3, 0.4) is 0 Å². The molecule has 0 atom stereocenters. The maximum absolute atomic E-state index is 12.4. The van der Waals surface area contributed by atoms with Crippen LogP contribution in [0.1, 0.15) is 26.3 Å². The van der Waals surface area contributed by atoms with Crippen LogP contribution in [0.2, 0.25) is 0 Å². The van der Waals surface area contributed by atoms with Crippen molar-refractivity contribution in [2.45, 2.75) is 6.92 Å². The molecule has 1 amide bonds. The molecule has 0 unspecified atom stereocenters. The quantitative estimate of drug-likeness (QED) is 0.727. The summed E-state index contributed by atoms with van der Waals surface area (Å²) in [5.41, 5.74) is 3.39. The summed E-state index contributed by atoms with van der Waals surface area (Å²) < 4.78 is 4.69. The normalized spacial score (nSPS) is 10.5. The third kappa shape index (κ3) is 2.94. The van der Waals surface area contributed by atoms with Crippen LogP contribution in [-0.2, 0) is 4.74 Å². The molecular formula is C18H16N2O3. The van der Waals surface area contributed by atoms with Crippen molar-refractivity contribution in [3.63, 3.8) is 0 Å². The third-order valence-electron chi connectivity index (χ3n) is 3.71. The first kappa shape index (κ1) is 14.8. The summed E-state index contributed by atoms with van der Waals surface area (Å²) >= 11 is 0. The molecular weight excluding hydrogens is 292 g/mol. The van der Waals surface area contributed by atoms with Crippen LogP contribution in [0.4, 0.5) is 5.69 Å². The Labute approximate surface area is 133 Å². The highest BCUT2D eigenvalue weighted by Gasteiger charge is 2.11. The summed E-state index contributed by atoms with van der Waals surface area (Å²) in [5.74, 6) is -0.599. The number of hydrogen-bond donors (Lipinski definition) is 2. The van der Waals surface area contributed by atoms with Crippen LogP contribution in [0.15, 0.2) is 48.7 Å². The molecule has 23 heavy (non-hydrogen) atoms. The molecule has 1 heterocycles. The van der Waals surface area contributed by atoms with E-state index in [0.29, 0.717) is 16.8 Å². The molecule has 0 aliphatic rings. The van der Waals surface area contributed by atoms with Gasteiger partial charge in [-0.25, -0.2) is 4.79 Å². The highest BCUT2D eigenvalue weighted by Crippen LogP contribution is 2.19. The number of aromatic amines is 1. The molecule has 3 rings (SSSR count). The Morgan fingerprint density at radius 3 is 2.57 bits per heavy atom. The van der Waals surface area contributed by atoms with Gasteiger partial charge in [-0.15, -0.1) is 0 Å². The Balaban J connectivity index is 1.83. The number of carbonyl (C=O) groups is 2. The van der Waals surface area contributed by atoms with Crippen LogP contribution in [0.25, 0.3) is 10.9 Å². The van der Waals surface area contributed by atoms with Crippen molar-refractivity contribution in [2.75, 3.05) is 12.4 Å². The van der Waals surface area contributed by atoms with E-state index >= 15 is 0 Å². The smallest absolute Gasteiger partial charge is 0.337 e. The SMILES string of the molecule is COC(=O)c1ccc(NC(=O)c2ccc3cc[nH]c3c2)c(C)c1. The molecule has 0 radical (unpaired) electrons. The number of methoxy groups -OCH3 is 1. The summed E-state index contributed by atoms with van der Waals surface area (Å²) in [6, 6.07) is 12.5. The highest BCUT2D eigenvalue weighted by molar-refractivity contribution is 6.06. The lowest BCUT2D eigenvalue weighted by atomic mass is 10.1.